The maximum atomic E-state index is 13.0. The van der Waals surface area contributed by atoms with Crippen molar-refractivity contribution in [3.63, 3.8) is 0 Å². The zero-order valence-electron chi connectivity index (χ0n) is 18.6. The highest BCUT2D eigenvalue weighted by atomic mass is 16.1. The molecule has 168 valence electrons. The van der Waals surface area contributed by atoms with Crippen molar-refractivity contribution in [1.29, 1.82) is 0 Å². The van der Waals surface area contributed by atoms with Gasteiger partial charge in [-0.15, -0.1) is 0 Å². The highest BCUT2D eigenvalue weighted by molar-refractivity contribution is 5.94. The van der Waals surface area contributed by atoms with Gasteiger partial charge in [-0.25, -0.2) is 19.3 Å². The largest absolute Gasteiger partial charge is 0.324 e. The third-order valence-corrected chi connectivity index (χ3v) is 5.88. The second kappa shape index (κ2) is 8.59. The van der Waals surface area contributed by atoms with Gasteiger partial charge in [0.15, 0.2) is 17.2 Å². The number of carbonyl (C=O) groups is 1. The predicted octanol–water partition coefficient (Wildman–Crippen LogP) is 2.98. The van der Waals surface area contributed by atoms with Gasteiger partial charge in [-0.2, -0.15) is 4.98 Å². The second-order valence-electron chi connectivity index (χ2n) is 7.96. The average molecular weight is 444 g/mol. The van der Waals surface area contributed by atoms with E-state index in [1.54, 1.807) is 34.5 Å². The summed E-state index contributed by atoms with van der Waals surface area (Å²) in [5, 5.41) is 7.04. The Hall–Kier alpha value is -3.85. The first-order valence-corrected chi connectivity index (χ1v) is 11.2. The Morgan fingerprint density at radius 2 is 2.03 bits per heavy atom. The molecule has 0 saturated carbocycles. The van der Waals surface area contributed by atoms with Gasteiger partial charge in [0.2, 0.25) is 5.95 Å². The van der Waals surface area contributed by atoms with Crippen LogP contribution in [0, 0.1) is 0 Å². The quantitative estimate of drug-likeness (QED) is 0.441. The van der Waals surface area contributed by atoms with Gasteiger partial charge in [0.1, 0.15) is 11.1 Å². The molecule has 1 aromatic carbocycles. The number of aromatic nitrogens is 5. The monoisotopic (exact) mass is 443 g/mol. The third-order valence-electron chi connectivity index (χ3n) is 5.88. The first-order valence-electron chi connectivity index (χ1n) is 11.2. The van der Waals surface area contributed by atoms with Gasteiger partial charge in [-0.05, 0) is 55.3 Å². The van der Waals surface area contributed by atoms with Gasteiger partial charge in [-0.3, -0.25) is 9.59 Å². The van der Waals surface area contributed by atoms with Crippen LogP contribution in [0.2, 0.25) is 0 Å². The summed E-state index contributed by atoms with van der Waals surface area (Å²) in [7, 11) is 0. The van der Waals surface area contributed by atoms with Crippen LogP contribution < -0.4 is 16.2 Å². The lowest BCUT2D eigenvalue weighted by molar-refractivity contribution is 0.0983. The maximum Gasteiger partial charge on any atom is 0.278 e. The predicted molar refractivity (Wildman–Crippen MR) is 126 cm³/mol. The van der Waals surface area contributed by atoms with Crippen molar-refractivity contribution < 1.29 is 4.79 Å². The van der Waals surface area contributed by atoms with E-state index in [1.165, 1.54) is 17.3 Å². The van der Waals surface area contributed by atoms with Crippen molar-refractivity contribution >= 4 is 28.5 Å². The number of Topliss-reactive ketones (excluding diaryl/α,β-unsaturated/α-hetero) is 1. The first kappa shape index (κ1) is 21.0. The van der Waals surface area contributed by atoms with E-state index in [4.69, 9.17) is 0 Å². The molecule has 0 radical (unpaired) electrons. The molecular weight excluding hydrogens is 418 g/mol. The number of rotatable bonds is 6. The van der Waals surface area contributed by atoms with Gasteiger partial charge >= 0.3 is 0 Å². The van der Waals surface area contributed by atoms with E-state index in [2.05, 4.69) is 37.7 Å². The summed E-state index contributed by atoms with van der Waals surface area (Å²) in [5.41, 5.74) is 4.08. The molecule has 33 heavy (non-hydrogen) atoms. The summed E-state index contributed by atoms with van der Waals surface area (Å²) in [5.74, 6) is 0.791. The van der Waals surface area contributed by atoms with Crippen molar-refractivity contribution in [3.05, 3.63) is 69.8 Å². The zero-order valence-corrected chi connectivity index (χ0v) is 18.6. The first-order chi connectivity index (χ1) is 16.1. The van der Waals surface area contributed by atoms with Crippen LogP contribution in [0.4, 0.5) is 11.6 Å². The third kappa shape index (κ3) is 3.80. The van der Waals surface area contributed by atoms with Crippen LogP contribution in [0.3, 0.4) is 0 Å². The number of carbonyl (C=O) groups excluding carboxylic acids is 1. The van der Waals surface area contributed by atoms with Crippen molar-refractivity contribution in [3.8, 4) is 5.82 Å². The van der Waals surface area contributed by atoms with E-state index in [0.717, 1.165) is 25.2 Å². The molecule has 0 atom stereocenters. The fraction of sp³-hybridized carbons (Fsp3) is 0.292. The minimum absolute atomic E-state index is 0.0578. The van der Waals surface area contributed by atoms with E-state index in [0.29, 0.717) is 41.5 Å². The Kier molecular flexibility index (Phi) is 5.47. The minimum atomic E-state index is -0.201. The number of anilines is 2. The molecule has 3 aromatic heterocycles. The molecule has 0 amide bonds. The van der Waals surface area contributed by atoms with Crippen LogP contribution in [-0.4, -0.2) is 36.6 Å². The summed E-state index contributed by atoms with van der Waals surface area (Å²) >= 11 is 0. The summed E-state index contributed by atoms with van der Waals surface area (Å²) < 4.78 is 3.21. The van der Waals surface area contributed by atoms with Crippen LogP contribution in [-0.2, 0) is 19.5 Å². The summed E-state index contributed by atoms with van der Waals surface area (Å²) in [4.78, 5) is 38.8. The maximum absolute atomic E-state index is 13.0. The number of hydrogen-bond donors (Lipinski definition) is 2. The Bertz CT molecular complexity index is 1420. The fourth-order valence-electron chi connectivity index (χ4n) is 4.17. The summed E-state index contributed by atoms with van der Waals surface area (Å²) in [6, 6.07) is 11.5. The number of fused-ring (bicyclic) bond motifs is 2. The van der Waals surface area contributed by atoms with Gasteiger partial charge in [0.25, 0.3) is 5.56 Å². The molecule has 9 nitrogen and oxygen atoms in total. The van der Waals surface area contributed by atoms with Crippen molar-refractivity contribution in [1.82, 2.24) is 29.6 Å². The minimum Gasteiger partial charge on any atom is -0.324 e. The molecule has 0 spiro atoms. The second-order valence-corrected chi connectivity index (χ2v) is 7.96. The van der Waals surface area contributed by atoms with Crippen molar-refractivity contribution in [2.75, 3.05) is 11.9 Å². The Labute approximate surface area is 190 Å². The van der Waals surface area contributed by atoms with Crippen molar-refractivity contribution in [2.24, 2.45) is 0 Å². The Balaban J connectivity index is 1.59. The SMILES string of the molecule is CCC(=O)c1cccc(-n2c3nc(Nc4ccc5c(c4)CNCC5)ncc3c(=O)n2CC)n1. The molecule has 4 aromatic rings. The molecular formula is C24H25N7O2. The molecule has 0 unspecified atom stereocenters. The van der Waals surface area contributed by atoms with Gasteiger partial charge in [-0.1, -0.05) is 19.1 Å². The molecule has 1 aliphatic rings. The smallest absolute Gasteiger partial charge is 0.278 e. The number of nitrogens with zero attached hydrogens (tertiary/aromatic N) is 5. The van der Waals surface area contributed by atoms with Crippen LogP contribution in [0.5, 0.6) is 0 Å². The van der Waals surface area contributed by atoms with E-state index in [1.807, 2.05) is 13.0 Å². The van der Waals surface area contributed by atoms with E-state index in [-0.39, 0.29) is 11.3 Å². The number of hydrogen-bond acceptors (Lipinski definition) is 7. The van der Waals surface area contributed by atoms with Gasteiger partial charge < -0.3 is 10.6 Å². The average Bonchev–Trinajstić information content (AvgIpc) is 3.14. The molecule has 1 aliphatic heterocycles. The Morgan fingerprint density at radius 1 is 1.15 bits per heavy atom. The van der Waals surface area contributed by atoms with E-state index >= 15 is 0 Å². The van der Waals surface area contributed by atoms with Crippen molar-refractivity contribution in [2.45, 2.75) is 39.8 Å². The van der Waals surface area contributed by atoms with Crippen LogP contribution in [0.1, 0.15) is 41.9 Å². The normalized spacial score (nSPS) is 13.2. The fourth-order valence-corrected chi connectivity index (χ4v) is 4.17. The zero-order chi connectivity index (χ0) is 22.9. The van der Waals surface area contributed by atoms with Crippen LogP contribution in [0.25, 0.3) is 16.9 Å². The molecule has 0 aliphatic carbocycles. The van der Waals surface area contributed by atoms with Crippen LogP contribution >= 0.6 is 0 Å². The van der Waals surface area contributed by atoms with E-state index in [9.17, 15) is 9.59 Å². The van der Waals surface area contributed by atoms with E-state index < -0.39 is 0 Å². The highest BCUT2D eigenvalue weighted by Gasteiger charge is 2.18. The number of pyridine rings is 1. The molecule has 5 rings (SSSR count). The molecule has 9 heteroatoms. The molecule has 0 fully saturated rings. The lowest BCUT2D eigenvalue weighted by Gasteiger charge is -2.18. The topological polar surface area (TPSA) is 107 Å². The lowest BCUT2D eigenvalue weighted by atomic mass is 10.0. The number of ketones is 1. The van der Waals surface area contributed by atoms with Crippen LogP contribution in [0.15, 0.2) is 47.4 Å². The standard InChI is InChI=1S/C24H25N7O2/c1-3-20(32)19-6-5-7-21(28-19)31-22-18(23(33)30(31)4-2)14-26-24(29-22)27-17-9-8-15-10-11-25-13-16(15)12-17/h5-9,12,14,25H,3-4,10-11,13H2,1-2H3,(H,26,27,29). The van der Waals surface area contributed by atoms with Gasteiger partial charge in [0, 0.05) is 31.4 Å². The molecule has 0 bridgehead atoms. The molecule has 2 N–H and O–H groups in total. The number of benzene rings is 1. The lowest BCUT2D eigenvalue weighted by Crippen LogP contribution is -2.23. The Morgan fingerprint density at radius 3 is 2.85 bits per heavy atom. The summed E-state index contributed by atoms with van der Waals surface area (Å²) in [6.07, 6.45) is 2.91. The number of nitrogens with one attached hydrogen (secondary N) is 2. The molecule has 0 saturated heterocycles. The highest BCUT2D eigenvalue weighted by Crippen LogP contribution is 2.22. The summed E-state index contributed by atoms with van der Waals surface area (Å²) in [6.45, 7) is 5.92. The molecule has 4 heterocycles. The van der Waals surface area contributed by atoms with Gasteiger partial charge in [0.05, 0.1) is 0 Å².